The quantitative estimate of drug-likeness (QED) is 0.825. The lowest BCUT2D eigenvalue weighted by Gasteiger charge is -2.29. The van der Waals surface area contributed by atoms with Gasteiger partial charge in [0, 0.05) is 36.9 Å². The van der Waals surface area contributed by atoms with Crippen LogP contribution in [0.1, 0.15) is 60.7 Å². The molecule has 2 aromatic rings. The van der Waals surface area contributed by atoms with Crippen LogP contribution in [0, 0.1) is 0 Å². The van der Waals surface area contributed by atoms with Crippen molar-refractivity contribution < 1.29 is 0 Å². The van der Waals surface area contributed by atoms with E-state index in [1.807, 2.05) is 0 Å². The van der Waals surface area contributed by atoms with Gasteiger partial charge >= 0.3 is 0 Å². The van der Waals surface area contributed by atoms with Crippen LogP contribution in [0.3, 0.4) is 0 Å². The molecule has 2 heterocycles. The summed E-state index contributed by atoms with van der Waals surface area (Å²) in [5, 5.41) is 0. The Morgan fingerprint density at radius 3 is 2.85 bits per heavy atom. The third kappa shape index (κ3) is 3.74. The first kappa shape index (κ1) is 17.8. The van der Waals surface area contributed by atoms with Crippen LogP contribution in [0.5, 0.6) is 0 Å². The molecule has 138 valence electrons. The van der Waals surface area contributed by atoms with Crippen molar-refractivity contribution in [3.63, 3.8) is 0 Å². The fourth-order valence-electron chi connectivity index (χ4n) is 4.28. The molecule has 1 aliphatic heterocycles. The molecule has 1 fully saturated rings. The van der Waals surface area contributed by atoms with Gasteiger partial charge in [-0.25, -0.2) is 4.98 Å². The number of nitrogens with one attached hydrogen (secondary N) is 1. The maximum absolute atomic E-state index is 12.7. The van der Waals surface area contributed by atoms with Crippen LogP contribution >= 0.6 is 11.8 Å². The largest absolute Gasteiger partial charge is 0.310 e. The number of aromatic amines is 1. The molecule has 0 saturated heterocycles. The third-order valence-corrected chi connectivity index (χ3v) is 6.58. The van der Waals surface area contributed by atoms with Crippen molar-refractivity contribution in [2.45, 2.75) is 62.4 Å². The zero-order valence-corrected chi connectivity index (χ0v) is 16.3. The minimum Gasteiger partial charge on any atom is -0.310 e. The van der Waals surface area contributed by atoms with Crippen molar-refractivity contribution in [1.82, 2.24) is 14.9 Å². The zero-order chi connectivity index (χ0) is 17.9. The minimum atomic E-state index is 0.0819. The summed E-state index contributed by atoms with van der Waals surface area (Å²) >= 11 is 1.78. The number of nitrogens with zero attached hydrogens (tertiary/aromatic N) is 2. The first-order valence-electron chi connectivity index (χ1n) is 9.71. The predicted molar refractivity (Wildman–Crippen MR) is 107 cm³/mol. The molecule has 4 nitrogen and oxygen atoms in total. The number of rotatable bonds is 4. The normalized spacial score (nSPS) is 18.7. The van der Waals surface area contributed by atoms with Crippen molar-refractivity contribution in [3.05, 3.63) is 57.3 Å². The summed E-state index contributed by atoms with van der Waals surface area (Å²) in [7, 11) is 0. The molecule has 26 heavy (non-hydrogen) atoms. The Balaban J connectivity index is 1.53. The van der Waals surface area contributed by atoms with Gasteiger partial charge in [0.25, 0.3) is 5.56 Å². The van der Waals surface area contributed by atoms with Gasteiger partial charge in [-0.05, 0) is 30.7 Å². The Kier molecular flexibility index (Phi) is 5.46. The SMILES string of the molecule is CSc1ccccc1CN1CCc2nc(C3CCCCC3)[nH]c(=O)c2C1. The van der Waals surface area contributed by atoms with E-state index in [-0.39, 0.29) is 5.56 Å². The molecule has 0 atom stereocenters. The van der Waals surface area contributed by atoms with Crippen LogP contribution < -0.4 is 5.56 Å². The van der Waals surface area contributed by atoms with Gasteiger partial charge in [0.1, 0.15) is 5.82 Å². The summed E-state index contributed by atoms with van der Waals surface area (Å²) in [5.41, 5.74) is 3.33. The molecule has 4 rings (SSSR count). The van der Waals surface area contributed by atoms with E-state index in [1.165, 1.54) is 42.6 Å². The van der Waals surface area contributed by atoms with Crippen molar-refractivity contribution in [1.29, 1.82) is 0 Å². The van der Waals surface area contributed by atoms with E-state index in [0.29, 0.717) is 12.5 Å². The van der Waals surface area contributed by atoms with E-state index in [4.69, 9.17) is 4.98 Å². The molecule has 0 radical (unpaired) electrons. The molecular formula is C21H27N3OS. The number of H-pyrrole nitrogens is 1. The summed E-state index contributed by atoms with van der Waals surface area (Å²) in [6.07, 6.45) is 9.16. The molecule has 1 saturated carbocycles. The smallest absolute Gasteiger partial charge is 0.255 e. The van der Waals surface area contributed by atoms with Gasteiger partial charge in [-0.15, -0.1) is 11.8 Å². The van der Waals surface area contributed by atoms with Crippen molar-refractivity contribution in [2.75, 3.05) is 12.8 Å². The molecule has 5 heteroatoms. The summed E-state index contributed by atoms with van der Waals surface area (Å²) in [6, 6.07) is 8.54. The van der Waals surface area contributed by atoms with E-state index < -0.39 is 0 Å². The summed E-state index contributed by atoms with van der Waals surface area (Å²) in [4.78, 5) is 24.4. The standard InChI is InChI=1S/C21H27N3OS/c1-26-19-10-6-5-9-16(19)13-24-12-11-18-17(14-24)21(25)23-20(22-18)15-7-3-2-4-8-15/h5-6,9-10,15H,2-4,7-8,11-14H2,1H3,(H,22,23,25). The Morgan fingerprint density at radius 1 is 1.23 bits per heavy atom. The van der Waals surface area contributed by atoms with Gasteiger partial charge in [-0.1, -0.05) is 37.5 Å². The van der Waals surface area contributed by atoms with E-state index in [1.54, 1.807) is 11.8 Å². The second-order valence-electron chi connectivity index (χ2n) is 7.48. The van der Waals surface area contributed by atoms with Crippen LogP contribution in [0.4, 0.5) is 0 Å². The van der Waals surface area contributed by atoms with Crippen LogP contribution in [-0.2, 0) is 19.5 Å². The molecule has 0 bridgehead atoms. The molecule has 0 unspecified atom stereocenters. The van der Waals surface area contributed by atoms with Gasteiger partial charge in [-0.2, -0.15) is 0 Å². The fourth-order valence-corrected chi connectivity index (χ4v) is 4.89. The molecule has 1 aromatic heterocycles. The number of hydrogen-bond donors (Lipinski definition) is 1. The summed E-state index contributed by atoms with van der Waals surface area (Å²) in [6.45, 7) is 2.56. The van der Waals surface area contributed by atoms with Gasteiger partial charge in [0.2, 0.25) is 0 Å². The predicted octanol–water partition coefficient (Wildman–Crippen LogP) is 4.10. The lowest BCUT2D eigenvalue weighted by Crippen LogP contribution is -2.36. The highest BCUT2D eigenvalue weighted by Crippen LogP contribution is 2.31. The summed E-state index contributed by atoms with van der Waals surface area (Å²) in [5.74, 6) is 1.39. The maximum atomic E-state index is 12.7. The van der Waals surface area contributed by atoms with Gasteiger partial charge in [0.15, 0.2) is 0 Å². The number of thioether (sulfide) groups is 1. The Bertz CT molecular complexity index is 826. The van der Waals surface area contributed by atoms with E-state index >= 15 is 0 Å². The van der Waals surface area contributed by atoms with E-state index in [9.17, 15) is 4.79 Å². The van der Waals surface area contributed by atoms with Gasteiger partial charge in [-0.3, -0.25) is 9.69 Å². The number of fused-ring (bicyclic) bond motifs is 1. The molecule has 1 aromatic carbocycles. The van der Waals surface area contributed by atoms with Crippen molar-refractivity contribution in [3.8, 4) is 0 Å². The number of hydrogen-bond acceptors (Lipinski definition) is 4. The molecule has 1 aliphatic carbocycles. The van der Waals surface area contributed by atoms with Crippen LogP contribution in [-0.4, -0.2) is 27.7 Å². The lowest BCUT2D eigenvalue weighted by molar-refractivity contribution is 0.239. The number of aromatic nitrogens is 2. The van der Waals surface area contributed by atoms with Gasteiger partial charge < -0.3 is 4.98 Å². The summed E-state index contributed by atoms with van der Waals surface area (Å²) < 4.78 is 0. The Labute approximate surface area is 159 Å². The fraction of sp³-hybridized carbons (Fsp3) is 0.524. The molecule has 1 N–H and O–H groups in total. The van der Waals surface area contributed by atoms with E-state index in [0.717, 1.165) is 36.6 Å². The Morgan fingerprint density at radius 2 is 2.04 bits per heavy atom. The first-order valence-corrected chi connectivity index (χ1v) is 10.9. The van der Waals surface area contributed by atoms with Gasteiger partial charge in [0.05, 0.1) is 11.3 Å². The first-order chi connectivity index (χ1) is 12.7. The topological polar surface area (TPSA) is 49.0 Å². The molecule has 0 amide bonds. The van der Waals surface area contributed by atoms with Crippen LogP contribution in [0.2, 0.25) is 0 Å². The van der Waals surface area contributed by atoms with Crippen molar-refractivity contribution in [2.24, 2.45) is 0 Å². The van der Waals surface area contributed by atoms with Crippen molar-refractivity contribution >= 4 is 11.8 Å². The van der Waals surface area contributed by atoms with Crippen LogP contribution in [0.15, 0.2) is 34.0 Å². The third-order valence-electron chi connectivity index (χ3n) is 5.74. The highest BCUT2D eigenvalue weighted by atomic mass is 32.2. The molecule has 0 spiro atoms. The highest BCUT2D eigenvalue weighted by Gasteiger charge is 2.24. The average Bonchev–Trinajstić information content (AvgIpc) is 2.69. The molecule has 2 aliphatic rings. The average molecular weight is 370 g/mol. The second kappa shape index (κ2) is 7.97. The molecular weight excluding hydrogens is 342 g/mol. The second-order valence-corrected chi connectivity index (χ2v) is 8.33. The van der Waals surface area contributed by atoms with Crippen LogP contribution in [0.25, 0.3) is 0 Å². The lowest BCUT2D eigenvalue weighted by atomic mass is 9.88. The minimum absolute atomic E-state index is 0.0819. The maximum Gasteiger partial charge on any atom is 0.255 e. The highest BCUT2D eigenvalue weighted by molar-refractivity contribution is 7.98. The Hall–Kier alpha value is -1.59. The van der Waals surface area contributed by atoms with E-state index in [2.05, 4.69) is 40.4 Å². The monoisotopic (exact) mass is 369 g/mol. The zero-order valence-electron chi connectivity index (χ0n) is 15.5. The number of benzene rings is 1.